The van der Waals surface area contributed by atoms with E-state index in [1.165, 1.54) is 6.08 Å². The molecule has 0 atom stereocenters. The number of hydrogen-bond acceptors (Lipinski definition) is 3. The minimum absolute atomic E-state index is 0.226. The van der Waals surface area contributed by atoms with Gasteiger partial charge in [0.2, 0.25) is 0 Å². The summed E-state index contributed by atoms with van der Waals surface area (Å²) in [5.41, 5.74) is 1.64. The summed E-state index contributed by atoms with van der Waals surface area (Å²) in [4.78, 5) is 11.0. The zero-order chi connectivity index (χ0) is 11.3. The van der Waals surface area contributed by atoms with Gasteiger partial charge in [0, 0.05) is 6.08 Å². The Morgan fingerprint density at radius 2 is 2.27 bits per heavy atom. The highest BCUT2D eigenvalue weighted by atomic mass is 16.5. The number of carbonyl (C=O) groups excluding carboxylic acids is 1. The fraction of sp³-hybridized carbons (Fsp3) is 0.250. The van der Waals surface area contributed by atoms with Gasteiger partial charge in [-0.05, 0) is 37.1 Å². The van der Waals surface area contributed by atoms with Crippen molar-refractivity contribution in [2.45, 2.75) is 20.5 Å². The van der Waals surface area contributed by atoms with Crippen LogP contribution < -0.4 is 0 Å². The topological polar surface area (TPSA) is 46.5 Å². The maximum atomic E-state index is 11.0. The number of benzene rings is 1. The van der Waals surface area contributed by atoms with Crippen LogP contribution >= 0.6 is 0 Å². The van der Waals surface area contributed by atoms with E-state index < -0.39 is 0 Å². The quantitative estimate of drug-likeness (QED) is 0.609. The lowest BCUT2D eigenvalue weighted by molar-refractivity contribution is -0.139. The van der Waals surface area contributed by atoms with E-state index in [0.717, 1.165) is 11.1 Å². The third-order valence-corrected chi connectivity index (χ3v) is 1.95. The van der Waals surface area contributed by atoms with Crippen LogP contribution in [-0.4, -0.2) is 11.1 Å². The predicted molar refractivity (Wildman–Crippen MR) is 57.5 cm³/mol. The molecule has 0 unspecified atom stereocenters. The summed E-state index contributed by atoms with van der Waals surface area (Å²) >= 11 is 0. The Kier molecular flexibility index (Phi) is 3.92. The van der Waals surface area contributed by atoms with Crippen LogP contribution in [0, 0.1) is 6.92 Å². The molecular formula is C12H14O3. The van der Waals surface area contributed by atoms with Crippen LogP contribution in [0.15, 0.2) is 30.4 Å². The van der Waals surface area contributed by atoms with Crippen LogP contribution in [0.5, 0.6) is 5.75 Å². The minimum Gasteiger partial charge on any atom is -0.508 e. The summed E-state index contributed by atoms with van der Waals surface area (Å²) in [5, 5.41) is 9.29. The summed E-state index contributed by atoms with van der Waals surface area (Å²) in [6.07, 6.45) is 3.00. The van der Waals surface area contributed by atoms with E-state index >= 15 is 0 Å². The molecule has 0 aromatic heterocycles. The normalized spacial score (nSPS) is 10.5. The average Bonchev–Trinajstić information content (AvgIpc) is 2.20. The predicted octanol–water partition coefficient (Wildman–Crippen LogP) is 2.32. The maximum Gasteiger partial charge on any atom is 0.330 e. The number of rotatable bonds is 3. The van der Waals surface area contributed by atoms with E-state index in [9.17, 15) is 9.90 Å². The van der Waals surface area contributed by atoms with Gasteiger partial charge in [-0.2, -0.15) is 0 Å². The Balaban J connectivity index is 2.58. The van der Waals surface area contributed by atoms with Crippen molar-refractivity contribution in [1.29, 1.82) is 0 Å². The summed E-state index contributed by atoms with van der Waals surface area (Å²) in [6.45, 7) is 3.78. The van der Waals surface area contributed by atoms with Gasteiger partial charge in [-0.1, -0.05) is 12.1 Å². The fourth-order valence-corrected chi connectivity index (χ4v) is 1.15. The molecule has 1 aromatic rings. The Hall–Kier alpha value is -1.77. The van der Waals surface area contributed by atoms with E-state index in [2.05, 4.69) is 0 Å². The molecule has 0 saturated heterocycles. The largest absolute Gasteiger partial charge is 0.508 e. The van der Waals surface area contributed by atoms with Crippen LogP contribution in [0.4, 0.5) is 0 Å². The van der Waals surface area contributed by atoms with Crippen molar-refractivity contribution in [3.63, 3.8) is 0 Å². The fourth-order valence-electron chi connectivity index (χ4n) is 1.15. The highest BCUT2D eigenvalue weighted by molar-refractivity contribution is 5.81. The molecule has 0 aliphatic rings. The Labute approximate surface area is 89.0 Å². The van der Waals surface area contributed by atoms with Crippen LogP contribution in [0.25, 0.3) is 0 Å². The molecule has 1 aromatic carbocycles. The zero-order valence-corrected chi connectivity index (χ0v) is 8.86. The van der Waals surface area contributed by atoms with Crippen molar-refractivity contribution in [2.75, 3.05) is 0 Å². The number of hydrogen-bond donors (Lipinski definition) is 1. The average molecular weight is 206 g/mol. The number of ether oxygens (including phenoxy) is 1. The van der Waals surface area contributed by atoms with Crippen molar-refractivity contribution in [3.05, 3.63) is 41.5 Å². The molecule has 80 valence electrons. The SMILES string of the molecule is CC=CC(=O)OCc1ccc(O)c(C)c1. The summed E-state index contributed by atoms with van der Waals surface area (Å²) < 4.78 is 4.96. The van der Waals surface area contributed by atoms with Crippen LogP contribution in [0.2, 0.25) is 0 Å². The van der Waals surface area contributed by atoms with Gasteiger partial charge < -0.3 is 9.84 Å². The van der Waals surface area contributed by atoms with Crippen molar-refractivity contribution in [1.82, 2.24) is 0 Å². The third kappa shape index (κ3) is 3.46. The van der Waals surface area contributed by atoms with E-state index in [0.29, 0.717) is 0 Å². The van der Waals surface area contributed by atoms with E-state index in [1.54, 1.807) is 38.1 Å². The Bertz CT molecular complexity index is 380. The molecule has 0 bridgehead atoms. The lowest BCUT2D eigenvalue weighted by Gasteiger charge is -2.04. The first-order valence-electron chi connectivity index (χ1n) is 4.71. The van der Waals surface area contributed by atoms with Gasteiger partial charge in [0.1, 0.15) is 12.4 Å². The molecule has 0 heterocycles. The molecular weight excluding hydrogens is 192 g/mol. The second kappa shape index (κ2) is 5.20. The maximum absolute atomic E-state index is 11.0. The zero-order valence-electron chi connectivity index (χ0n) is 8.86. The molecule has 3 nitrogen and oxygen atoms in total. The van der Waals surface area contributed by atoms with Crippen molar-refractivity contribution < 1.29 is 14.6 Å². The van der Waals surface area contributed by atoms with E-state index in [-0.39, 0.29) is 18.3 Å². The molecule has 1 rings (SSSR count). The monoisotopic (exact) mass is 206 g/mol. The summed E-state index contributed by atoms with van der Waals surface area (Å²) in [7, 11) is 0. The van der Waals surface area contributed by atoms with Crippen molar-refractivity contribution in [2.24, 2.45) is 0 Å². The molecule has 0 radical (unpaired) electrons. The molecule has 0 amide bonds. The van der Waals surface area contributed by atoms with E-state index in [1.807, 2.05) is 0 Å². The third-order valence-electron chi connectivity index (χ3n) is 1.95. The summed E-state index contributed by atoms with van der Waals surface area (Å²) in [6, 6.07) is 5.11. The number of aromatic hydroxyl groups is 1. The van der Waals surface area contributed by atoms with Crippen LogP contribution in [-0.2, 0) is 16.1 Å². The first kappa shape index (κ1) is 11.3. The number of allylic oxidation sites excluding steroid dienone is 1. The van der Waals surface area contributed by atoms with Gasteiger partial charge in [0.05, 0.1) is 0 Å². The van der Waals surface area contributed by atoms with Gasteiger partial charge in [-0.3, -0.25) is 0 Å². The number of phenolic OH excluding ortho intramolecular Hbond substituents is 1. The molecule has 3 heteroatoms. The Morgan fingerprint density at radius 1 is 1.53 bits per heavy atom. The molecule has 15 heavy (non-hydrogen) atoms. The molecule has 0 spiro atoms. The minimum atomic E-state index is -0.358. The van der Waals surface area contributed by atoms with Crippen LogP contribution in [0.1, 0.15) is 18.1 Å². The first-order chi connectivity index (χ1) is 7.13. The Morgan fingerprint density at radius 3 is 2.87 bits per heavy atom. The lowest BCUT2D eigenvalue weighted by atomic mass is 10.1. The van der Waals surface area contributed by atoms with E-state index in [4.69, 9.17) is 4.74 Å². The highest BCUT2D eigenvalue weighted by Crippen LogP contribution is 2.17. The van der Waals surface area contributed by atoms with Gasteiger partial charge in [0.25, 0.3) is 0 Å². The molecule has 0 fully saturated rings. The number of esters is 1. The number of carbonyl (C=O) groups is 1. The number of phenols is 1. The standard InChI is InChI=1S/C12H14O3/c1-3-4-12(14)15-8-10-5-6-11(13)9(2)7-10/h3-7,13H,8H2,1-2H3. The first-order valence-corrected chi connectivity index (χ1v) is 4.71. The smallest absolute Gasteiger partial charge is 0.330 e. The van der Waals surface area contributed by atoms with Gasteiger partial charge in [-0.25, -0.2) is 4.79 Å². The number of aryl methyl sites for hydroxylation is 1. The molecule has 0 saturated carbocycles. The molecule has 1 N–H and O–H groups in total. The van der Waals surface area contributed by atoms with Gasteiger partial charge in [0.15, 0.2) is 0 Å². The van der Waals surface area contributed by atoms with Gasteiger partial charge >= 0.3 is 5.97 Å². The molecule has 0 aliphatic heterocycles. The summed E-state index contributed by atoms with van der Waals surface area (Å²) in [5.74, 6) is -0.109. The van der Waals surface area contributed by atoms with Crippen molar-refractivity contribution >= 4 is 5.97 Å². The second-order valence-corrected chi connectivity index (χ2v) is 3.23. The van der Waals surface area contributed by atoms with Crippen molar-refractivity contribution in [3.8, 4) is 5.75 Å². The lowest BCUT2D eigenvalue weighted by Crippen LogP contribution is -2.00. The highest BCUT2D eigenvalue weighted by Gasteiger charge is 2.00. The second-order valence-electron chi connectivity index (χ2n) is 3.23. The van der Waals surface area contributed by atoms with Gasteiger partial charge in [-0.15, -0.1) is 0 Å². The van der Waals surface area contributed by atoms with Crippen LogP contribution in [0.3, 0.4) is 0 Å². The molecule has 0 aliphatic carbocycles.